The normalized spacial score (nSPS) is 24.2. The van der Waals surface area contributed by atoms with E-state index >= 15 is 0 Å². The van der Waals surface area contributed by atoms with Crippen LogP contribution in [0.5, 0.6) is 0 Å². The molecule has 17 heavy (non-hydrogen) atoms. The molecule has 2 nitrogen and oxygen atoms in total. The molecule has 2 unspecified atom stereocenters. The van der Waals surface area contributed by atoms with Crippen molar-refractivity contribution in [3.05, 3.63) is 34.3 Å². The first-order valence-corrected chi connectivity index (χ1v) is 6.59. The van der Waals surface area contributed by atoms with E-state index in [-0.39, 0.29) is 0 Å². The molecule has 1 fully saturated rings. The van der Waals surface area contributed by atoms with Gasteiger partial charge in [-0.05, 0) is 49.4 Å². The standard InChI is InChI=1S/C14H20ClNO/c1-10-8-12(15)7-6-11(10)9-16-13-4-3-5-14(13)17-2/h6-8,13-14,16H,3-5,9H2,1-2H3. The number of methoxy groups -OCH3 is 1. The van der Waals surface area contributed by atoms with E-state index < -0.39 is 0 Å². The van der Waals surface area contributed by atoms with Gasteiger partial charge in [0.15, 0.2) is 0 Å². The Morgan fingerprint density at radius 2 is 2.24 bits per heavy atom. The van der Waals surface area contributed by atoms with Crippen LogP contribution < -0.4 is 5.32 Å². The molecule has 0 aromatic heterocycles. The number of benzene rings is 1. The van der Waals surface area contributed by atoms with Gasteiger partial charge in [0.05, 0.1) is 6.10 Å². The predicted octanol–water partition coefficient (Wildman–Crippen LogP) is 3.31. The first-order chi connectivity index (χ1) is 8.20. The molecule has 3 heteroatoms. The van der Waals surface area contributed by atoms with Crippen LogP contribution in [0, 0.1) is 6.92 Å². The van der Waals surface area contributed by atoms with Gasteiger partial charge in [-0.1, -0.05) is 17.7 Å². The van der Waals surface area contributed by atoms with Gasteiger partial charge >= 0.3 is 0 Å². The van der Waals surface area contributed by atoms with Gasteiger partial charge in [0, 0.05) is 24.7 Å². The van der Waals surface area contributed by atoms with Crippen LogP contribution in [-0.2, 0) is 11.3 Å². The molecule has 0 spiro atoms. The van der Waals surface area contributed by atoms with Crippen molar-refractivity contribution in [3.63, 3.8) is 0 Å². The van der Waals surface area contributed by atoms with E-state index in [0.717, 1.165) is 11.6 Å². The molecular weight excluding hydrogens is 234 g/mol. The minimum atomic E-state index is 0.377. The van der Waals surface area contributed by atoms with Gasteiger partial charge in [0.1, 0.15) is 0 Å². The second-order valence-corrected chi connectivity index (χ2v) is 5.20. The Balaban J connectivity index is 1.93. The van der Waals surface area contributed by atoms with Crippen molar-refractivity contribution in [1.82, 2.24) is 5.32 Å². The fourth-order valence-corrected chi connectivity index (χ4v) is 2.77. The number of ether oxygens (including phenoxy) is 1. The van der Waals surface area contributed by atoms with E-state index in [4.69, 9.17) is 16.3 Å². The van der Waals surface area contributed by atoms with E-state index in [2.05, 4.69) is 18.3 Å². The molecule has 0 radical (unpaired) electrons. The average molecular weight is 254 g/mol. The lowest BCUT2D eigenvalue weighted by Crippen LogP contribution is -2.36. The van der Waals surface area contributed by atoms with Crippen molar-refractivity contribution < 1.29 is 4.74 Å². The summed E-state index contributed by atoms with van der Waals surface area (Å²) in [4.78, 5) is 0. The Morgan fingerprint density at radius 1 is 1.41 bits per heavy atom. The Bertz CT molecular complexity index is 380. The molecule has 0 saturated heterocycles. The molecule has 94 valence electrons. The van der Waals surface area contributed by atoms with Crippen molar-refractivity contribution in [2.75, 3.05) is 7.11 Å². The number of hydrogen-bond donors (Lipinski definition) is 1. The van der Waals surface area contributed by atoms with Crippen LogP contribution in [0.25, 0.3) is 0 Å². The number of halogens is 1. The van der Waals surface area contributed by atoms with Crippen LogP contribution in [0.3, 0.4) is 0 Å². The second kappa shape index (κ2) is 5.85. The van der Waals surface area contributed by atoms with E-state index in [1.807, 2.05) is 12.1 Å². The summed E-state index contributed by atoms with van der Waals surface area (Å²) in [5.41, 5.74) is 2.56. The maximum Gasteiger partial charge on any atom is 0.0724 e. The zero-order valence-corrected chi connectivity index (χ0v) is 11.3. The lowest BCUT2D eigenvalue weighted by atomic mass is 10.1. The highest BCUT2D eigenvalue weighted by molar-refractivity contribution is 6.30. The van der Waals surface area contributed by atoms with Crippen LogP contribution in [0.2, 0.25) is 5.02 Å². The van der Waals surface area contributed by atoms with Crippen molar-refractivity contribution in [1.29, 1.82) is 0 Å². The van der Waals surface area contributed by atoms with Gasteiger partial charge in [0.25, 0.3) is 0 Å². The van der Waals surface area contributed by atoms with Crippen molar-refractivity contribution >= 4 is 11.6 Å². The molecular formula is C14H20ClNO. The summed E-state index contributed by atoms with van der Waals surface area (Å²) in [6.45, 7) is 3.00. The highest BCUT2D eigenvalue weighted by Crippen LogP contribution is 2.22. The van der Waals surface area contributed by atoms with Gasteiger partial charge in [-0.25, -0.2) is 0 Å². The van der Waals surface area contributed by atoms with Crippen molar-refractivity contribution in [2.24, 2.45) is 0 Å². The van der Waals surface area contributed by atoms with Crippen LogP contribution in [-0.4, -0.2) is 19.3 Å². The summed E-state index contributed by atoms with van der Waals surface area (Å²) >= 11 is 5.95. The molecule has 1 aliphatic carbocycles. The third-order valence-corrected chi connectivity index (χ3v) is 3.85. The van der Waals surface area contributed by atoms with Gasteiger partial charge in [0.2, 0.25) is 0 Å². The second-order valence-electron chi connectivity index (χ2n) is 4.76. The van der Waals surface area contributed by atoms with Gasteiger partial charge in [-0.3, -0.25) is 0 Å². The molecule has 2 atom stereocenters. The maximum absolute atomic E-state index is 5.95. The van der Waals surface area contributed by atoms with Gasteiger partial charge in [-0.15, -0.1) is 0 Å². The zero-order chi connectivity index (χ0) is 12.3. The Hall–Kier alpha value is -0.570. The van der Waals surface area contributed by atoms with Crippen molar-refractivity contribution in [3.8, 4) is 0 Å². The SMILES string of the molecule is COC1CCCC1NCc1ccc(Cl)cc1C. The Kier molecular flexibility index (Phi) is 4.43. The topological polar surface area (TPSA) is 21.3 Å². The van der Waals surface area contributed by atoms with E-state index in [1.165, 1.54) is 30.4 Å². The smallest absolute Gasteiger partial charge is 0.0724 e. The van der Waals surface area contributed by atoms with E-state index in [0.29, 0.717) is 12.1 Å². The Labute approximate surface area is 108 Å². The fourth-order valence-electron chi connectivity index (χ4n) is 2.54. The maximum atomic E-state index is 5.95. The van der Waals surface area contributed by atoms with Crippen LogP contribution in [0.1, 0.15) is 30.4 Å². The number of hydrogen-bond acceptors (Lipinski definition) is 2. The van der Waals surface area contributed by atoms with Crippen LogP contribution in [0.15, 0.2) is 18.2 Å². The lowest BCUT2D eigenvalue weighted by molar-refractivity contribution is 0.0847. The van der Waals surface area contributed by atoms with Gasteiger partial charge in [-0.2, -0.15) is 0 Å². The fraction of sp³-hybridized carbons (Fsp3) is 0.571. The van der Waals surface area contributed by atoms with Crippen molar-refractivity contribution in [2.45, 2.75) is 44.9 Å². The molecule has 1 saturated carbocycles. The number of rotatable bonds is 4. The molecule has 1 N–H and O–H groups in total. The van der Waals surface area contributed by atoms with Gasteiger partial charge < -0.3 is 10.1 Å². The first kappa shape index (κ1) is 12.9. The highest BCUT2D eigenvalue weighted by atomic mass is 35.5. The number of aryl methyl sites for hydroxylation is 1. The third-order valence-electron chi connectivity index (χ3n) is 3.61. The molecule has 1 aromatic rings. The van der Waals surface area contributed by atoms with E-state index in [1.54, 1.807) is 7.11 Å². The summed E-state index contributed by atoms with van der Waals surface area (Å²) < 4.78 is 5.48. The first-order valence-electron chi connectivity index (χ1n) is 6.22. The quantitative estimate of drug-likeness (QED) is 0.889. The molecule has 2 rings (SSSR count). The van der Waals surface area contributed by atoms with Crippen LogP contribution in [0.4, 0.5) is 0 Å². The molecule has 0 heterocycles. The van der Waals surface area contributed by atoms with Crippen LogP contribution >= 0.6 is 11.6 Å². The minimum Gasteiger partial charge on any atom is -0.380 e. The summed E-state index contributed by atoms with van der Waals surface area (Å²) in [7, 11) is 1.80. The molecule has 1 aromatic carbocycles. The zero-order valence-electron chi connectivity index (χ0n) is 10.5. The molecule has 0 amide bonds. The highest BCUT2D eigenvalue weighted by Gasteiger charge is 2.26. The largest absolute Gasteiger partial charge is 0.380 e. The minimum absolute atomic E-state index is 0.377. The predicted molar refractivity (Wildman–Crippen MR) is 71.5 cm³/mol. The monoisotopic (exact) mass is 253 g/mol. The third kappa shape index (κ3) is 3.21. The summed E-state index contributed by atoms with van der Waals surface area (Å²) in [6, 6.07) is 6.56. The molecule has 1 aliphatic rings. The summed E-state index contributed by atoms with van der Waals surface area (Å²) in [5.74, 6) is 0. The average Bonchev–Trinajstić information content (AvgIpc) is 2.75. The van der Waals surface area contributed by atoms with E-state index in [9.17, 15) is 0 Å². The molecule has 0 aliphatic heterocycles. The lowest BCUT2D eigenvalue weighted by Gasteiger charge is -2.20. The number of nitrogens with one attached hydrogen (secondary N) is 1. The Morgan fingerprint density at radius 3 is 2.94 bits per heavy atom. The molecule has 0 bridgehead atoms. The summed E-state index contributed by atoms with van der Waals surface area (Å²) in [5, 5.41) is 4.40. The summed E-state index contributed by atoms with van der Waals surface area (Å²) in [6.07, 6.45) is 4.02.